The summed E-state index contributed by atoms with van der Waals surface area (Å²) >= 11 is 0. The zero-order valence-corrected chi connectivity index (χ0v) is 19.8. The highest BCUT2D eigenvalue weighted by Crippen LogP contribution is 2.23. The zero-order valence-electron chi connectivity index (χ0n) is 19.0. The lowest BCUT2D eigenvalue weighted by Crippen LogP contribution is -2.47. The number of piperidine rings is 1. The van der Waals surface area contributed by atoms with E-state index in [0.717, 1.165) is 45.2 Å². The molecule has 0 unspecified atom stereocenters. The van der Waals surface area contributed by atoms with E-state index in [9.17, 15) is 18.0 Å². The first-order valence-electron chi connectivity index (χ1n) is 11.9. The van der Waals surface area contributed by atoms with Gasteiger partial charge < -0.3 is 15.1 Å². The number of likely N-dealkylation sites (tertiary alicyclic amines) is 2. The van der Waals surface area contributed by atoms with Crippen molar-refractivity contribution in [2.45, 2.75) is 56.3 Å². The average Bonchev–Trinajstić information content (AvgIpc) is 3.24. The number of nitrogens with one attached hydrogen (secondary N) is 2. The maximum absolute atomic E-state index is 12.8. The van der Waals surface area contributed by atoms with Gasteiger partial charge in [-0.15, -0.1) is 0 Å². The normalized spacial score (nSPS) is 20.2. The van der Waals surface area contributed by atoms with E-state index in [1.54, 1.807) is 12.1 Å². The topological polar surface area (TPSA) is 111 Å². The molecule has 4 rings (SSSR count). The van der Waals surface area contributed by atoms with E-state index >= 15 is 0 Å². The fourth-order valence-corrected chi connectivity index (χ4v) is 5.73. The Morgan fingerprint density at radius 3 is 2.42 bits per heavy atom. The van der Waals surface area contributed by atoms with E-state index in [2.05, 4.69) is 15.0 Å². The Kier molecular flexibility index (Phi) is 7.52. The summed E-state index contributed by atoms with van der Waals surface area (Å²) in [6, 6.07) is 6.37. The highest BCUT2D eigenvalue weighted by Gasteiger charge is 2.30. The smallest absolute Gasteiger partial charge is 0.319 e. The van der Waals surface area contributed by atoms with Crippen LogP contribution in [0.3, 0.4) is 0 Å². The van der Waals surface area contributed by atoms with Crippen molar-refractivity contribution in [2.24, 2.45) is 10.9 Å². The Bertz CT molecular complexity index is 996. The predicted octanol–water partition coefficient (Wildman–Crippen LogP) is 2.80. The van der Waals surface area contributed by atoms with Crippen molar-refractivity contribution >= 4 is 33.5 Å². The lowest BCUT2D eigenvalue weighted by Gasteiger charge is -2.34. The van der Waals surface area contributed by atoms with E-state index < -0.39 is 10.0 Å². The van der Waals surface area contributed by atoms with Crippen molar-refractivity contribution in [1.29, 1.82) is 0 Å². The van der Waals surface area contributed by atoms with Gasteiger partial charge in [-0.2, -0.15) is 0 Å². The molecule has 1 aromatic carbocycles. The maximum Gasteiger partial charge on any atom is 0.319 e. The summed E-state index contributed by atoms with van der Waals surface area (Å²) in [7, 11) is -3.77. The molecule has 3 heterocycles. The zero-order chi connectivity index (χ0) is 23.3. The van der Waals surface area contributed by atoms with Gasteiger partial charge >= 0.3 is 6.03 Å². The summed E-state index contributed by atoms with van der Waals surface area (Å²) in [5, 5.41) is 2.86. The van der Waals surface area contributed by atoms with Crippen molar-refractivity contribution in [3.8, 4) is 0 Å². The van der Waals surface area contributed by atoms with Crippen LogP contribution in [-0.4, -0.2) is 68.7 Å². The van der Waals surface area contributed by atoms with Crippen LogP contribution in [-0.2, 0) is 14.8 Å². The van der Waals surface area contributed by atoms with Crippen LogP contribution >= 0.6 is 0 Å². The van der Waals surface area contributed by atoms with Crippen molar-refractivity contribution in [3.63, 3.8) is 0 Å². The molecule has 33 heavy (non-hydrogen) atoms. The van der Waals surface area contributed by atoms with Crippen LogP contribution in [0.15, 0.2) is 34.2 Å². The summed E-state index contributed by atoms with van der Waals surface area (Å²) in [6.07, 6.45) is 6.87. The highest BCUT2D eigenvalue weighted by atomic mass is 32.2. The van der Waals surface area contributed by atoms with Crippen LogP contribution in [0, 0.1) is 5.92 Å². The second-order valence-corrected chi connectivity index (χ2v) is 10.7. The minimum absolute atomic E-state index is 0.0787. The number of hydrogen-bond acceptors (Lipinski definition) is 5. The Hall–Kier alpha value is -2.62. The van der Waals surface area contributed by atoms with Crippen molar-refractivity contribution in [2.75, 3.05) is 38.0 Å². The number of nitrogens with zero attached hydrogens (tertiary/aromatic N) is 3. The van der Waals surface area contributed by atoms with Crippen LogP contribution in [0.2, 0.25) is 0 Å². The fraction of sp³-hybridized carbons (Fsp3) is 0.609. The van der Waals surface area contributed by atoms with Crippen LogP contribution < -0.4 is 10.0 Å². The second-order valence-electron chi connectivity index (χ2n) is 9.00. The molecular formula is C23H33N5O4S. The van der Waals surface area contributed by atoms with Gasteiger partial charge in [0, 0.05) is 50.7 Å². The third-order valence-corrected chi connectivity index (χ3v) is 7.93. The van der Waals surface area contributed by atoms with Crippen LogP contribution in [0.1, 0.15) is 51.4 Å². The number of amidine groups is 1. The molecule has 2 fully saturated rings. The number of urea groups is 1. The van der Waals surface area contributed by atoms with Crippen LogP contribution in [0.5, 0.6) is 0 Å². The minimum atomic E-state index is -3.77. The van der Waals surface area contributed by atoms with Gasteiger partial charge in [0.15, 0.2) is 0 Å². The van der Waals surface area contributed by atoms with E-state index in [1.807, 2.05) is 9.80 Å². The molecule has 0 aliphatic carbocycles. The van der Waals surface area contributed by atoms with Gasteiger partial charge in [-0.1, -0.05) is 12.5 Å². The van der Waals surface area contributed by atoms with Gasteiger partial charge in [0.25, 0.3) is 10.0 Å². The van der Waals surface area contributed by atoms with Gasteiger partial charge in [-0.3, -0.25) is 14.5 Å². The maximum atomic E-state index is 12.8. The van der Waals surface area contributed by atoms with Gasteiger partial charge in [0.05, 0.1) is 4.90 Å². The summed E-state index contributed by atoms with van der Waals surface area (Å²) in [6.45, 7) is 3.40. The molecule has 0 saturated carbocycles. The molecule has 10 heteroatoms. The number of amides is 3. The minimum Gasteiger partial charge on any atom is -0.326 e. The van der Waals surface area contributed by atoms with E-state index in [-0.39, 0.29) is 22.8 Å². The summed E-state index contributed by atoms with van der Waals surface area (Å²) < 4.78 is 28.2. The molecule has 0 spiro atoms. The lowest BCUT2D eigenvalue weighted by molar-refractivity contribution is -0.121. The highest BCUT2D eigenvalue weighted by molar-refractivity contribution is 7.90. The second kappa shape index (κ2) is 10.5. The number of aliphatic imine (C=N–C) groups is 1. The molecule has 9 nitrogen and oxygen atoms in total. The van der Waals surface area contributed by atoms with Crippen LogP contribution in [0.4, 0.5) is 10.5 Å². The average molecular weight is 476 g/mol. The van der Waals surface area contributed by atoms with Gasteiger partial charge in [-0.05, 0) is 56.7 Å². The molecule has 2 saturated heterocycles. The molecule has 3 amide bonds. The van der Waals surface area contributed by atoms with Gasteiger partial charge in [0.2, 0.25) is 5.91 Å². The Balaban J connectivity index is 1.33. The number of rotatable bonds is 4. The number of carbonyl (C=O) groups is 2. The number of benzene rings is 1. The van der Waals surface area contributed by atoms with E-state index in [0.29, 0.717) is 50.4 Å². The molecule has 3 aliphatic rings. The molecule has 0 bridgehead atoms. The lowest BCUT2D eigenvalue weighted by atomic mass is 9.96. The number of carbonyl (C=O) groups excluding carboxylic acids is 2. The number of hydrogen-bond donors (Lipinski definition) is 2. The summed E-state index contributed by atoms with van der Waals surface area (Å²) in [4.78, 5) is 33.5. The van der Waals surface area contributed by atoms with Crippen molar-refractivity contribution in [3.05, 3.63) is 24.3 Å². The molecule has 2 N–H and O–H groups in total. The monoisotopic (exact) mass is 475 g/mol. The van der Waals surface area contributed by atoms with Crippen LogP contribution in [0.25, 0.3) is 0 Å². The fourth-order valence-electron chi connectivity index (χ4n) is 4.60. The molecule has 0 radical (unpaired) electrons. The third-order valence-electron chi connectivity index (χ3n) is 6.55. The molecule has 3 aliphatic heterocycles. The number of sulfonamides is 1. The van der Waals surface area contributed by atoms with Crippen molar-refractivity contribution < 1.29 is 18.0 Å². The SMILES string of the molecule is O=C(Nc1cccc(S(=O)(=O)NC2=NCCCCC2)c1)C1CCN(C(=O)N2CCCC2)CC1. The van der Waals surface area contributed by atoms with E-state index in [4.69, 9.17) is 0 Å². The first-order valence-corrected chi connectivity index (χ1v) is 13.4. The standard InChI is InChI=1S/C23H33N5O4S/c29-22(18-10-15-28(16-11-18)23(30)27-13-4-5-14-27)25-19-7-6-8-20(17-19)33(31,32)26-21-9-2-1-3-12-24-21/h6-8,17-18H,1-5,9-16H2,(H,24,26)(H,25,29). The molecule has 1 aromatic rings. The van der Waals surface area contributed by atoms with Crippen molar-refractivity contribution in [1.82, 2.24) is 14.5 Å². The van der Waals surface area contributed by atoms with Gasteiger partial charge in [-0.25, -0.2) is 13.2 Å². The first-order chi connectivity index (χ1) is 15.9. The third kappa shape index (κ3) is 6.04. The van der Waals surface area contributed by atoms with E-state index in [1.165, 1.54) is 12.1 Å². The molecule has 0 atom stereocenters. The van der Waals surface area contributed by atoms with Gasteiger partial charge in [0.1, 0.15) is 5.84 Å². The Labute approximate surface area is 195 Å². The Morgan fingerprint density at radius 1 is 0.939 bits per heavy atom. The predicted molar refractivity (Wildman–Crippen MR) is 127 cm³/mol. The molecule has 180 valence electrons. The summed E-state index contributed by atoms with van der Waals surface area (Å²) in [5.41, 5.74) is 0.446. The molecular weight excluding hydrogens is 442 g/mol. The first kappa shape index (κ1) is 23.5. The largest absolute Gasteiger partial charge is 0.326 e. The Morgan fingerprint density at radius 2 is 1.67 bits per heavy atom. The quantitative estimate of drug-likeness (QED) is 0.697. The number of anilines is 1. The summed E-state index contributed by atoms with van der Waals surface area (Å²) in [5.74, 6) is 0.155. The molecule has 0 aromatic heterocycles.